The Labute approximate surface area is 131 Å². The molecule has 1 unspecified atom stereocenters. The molecule has 1 N–H and O–H groups in total. The van der Waals surface area contributed by atoms with Crippen LogP contribution in [0.1, 0.15) is 31.7 Å². The van der Waals surface area contributed by atoms with Crippen molar-refractivity contribution >= 4 is 11.6 Å². The Bertz CT molecular complexity index is 463. The summed E-state index contributed by atoms with van der Waals surface area (Å²) in [6.45, 7) is 3.46. The minimum absolute atomic E-state index is 0.0202. The molecule has 1 aliphatic rings. The summed E-state index contributed by atoms with van der Waals surface area (Å²) in [6, 6.07) is 4.59. The molecule has 5 heteroatoms. The zero-order valence-electron chi connectivity index (χ0n) is 12.9. The Hall–Kier alpha value is -0.970. The van der Waals surface area contributed by atoms with E-state index in [0.717, 1.165) is 18.5 Å². The molecule has 0 saturated heterocycles. The van der Waals surface area contributed by atoms with E-state index in [1.165, 1.54) is 12.8 Å². The molecule has 1 aromatic carbocycles. The summed E-state index contributed by atoms with van der Waals surface area (Å²) >= 11 is 6.36. The minimum atomic E-state index is 0.0202. The molecule has 1 saturated carbocycles. The molecule has 0 aromatic heterocycles. The Morgan fingerprint density at radius 2 is 2.10 bits per heavy atom. The van der Waals surface area contributed by atoms with E-state index in [4.69, 9.17) is 25.8 Å². The molecular formula is C16H24ClNO3. The number of methoxy groups -OCH3 is 2. The van der Waals surface area contributed by atoms with Crippen LogP contribution in [-0.2, 0) is 11.3 Å². The lowest BCUT2D eigenvalue weighted by Gasteiger charge is -2.19. The summed E-state index contributed by atoms with van der Waals surface area (Å²) < 4.78 is 16.4. The summed E-state index contributed by atoms with van der Waals surface area (Å²) in [5.74, 6) is 1.29. The SMILES string of the molecule is COCCC(C)Oc1c(Cl)cc(CNC2CC2)cc1OC. The van der Waals surface area contributed by atoms with Crippen LogP contribution < -0.4 is 14.8 Å². The molecule has 1 aromatic rings. The lowest BCUT2D eigenvalue weighted by molar-refractivity contribution is 0.133. The van der Waals surface area contributed by atoms with E-state index in [1.54, 1.807) is 14.2 Å². The third kappa shape index (κ3) is 5.06. The third-order valence-corrected chi connectivity index (χ3v) is 3.79. The Morgan fingerprint density at radius 3 is 2.71 bits per heavy atom. The summed E-state index contributed by atoms with van der Waals surface area (Å²) in [5.41, 5.74) is 1.11. The Morgan fingerprint density at radius 1 is 1.33 bits per heavy atom. The van der Waals surface area contributed by atoms with E-state index in [-0.39, 0.29) is 6.10 Å². The molecule has 0 aliphatic heterocycles. The maximum atomic E-state index is 6.36. The van der Waals surface area contributed by atoms with E-state index in [2.05, 4.69) is 5.32 Å². The average Bonchev–Trinajstić information content (AvgIpc) is 3.29. The van der Waals surface area contributed by atoms with Gasteiger partial charge in [0.05, 0.1) is 18.2 Å². The van der Waals surface area contributed by atoms with Crippen LogP contribution in [0.15, 0.2) is 12.1 Å². The second kappa shape index (κ2) is 7.87. The molecule has 21 heavy (non-hydrogen) atoms. The maximum absolute atomic E-state index is 6.36. The van der Waals surface area contributed by atoms with Gasteiger partial charge in [0, 0.05) is 32.7 Å². The van der Waals surface area contributed by atoms with Gasteiger partial charge in [-0.15, -0.1) is 0 Å². The van der Waals surface area contributed by atoms with Crippen molar-refractivity contribution in [3.63, 3.8) is 0 Å². The second-order valence-corrected chi connectivity index (χ2v) is 5.88. The molecular weight excluding hydrogens is 290 g/mol. The van der Waals surface area contributed by atoms with Crippen LogP contribution in [-0.4, -0.2) is 33.0 Å². The fourth-order valence-electron chi connectivity index (χ4n) is 2.08. The lowest BCUT2D eigenvalue weighted by atomic mass is 10.2. The molecule has 0 heterocycles. The predicted octanol–water partition coefficient (Wildman–Crippen LogP) is 3.40. The van der Waals surface area contributed by atoms with Gasteiger partial charge >= 0.3 is 0 Å². The van der Waals surface area contributed by atoms with Gasteiger partial charge in [-0.1, -0.05) is 11.6 Å². The largest absolute Gasteiger partial charge is 0.493 e. The van der Waals surface area contributed by atoms with Crippen LogP contribution in [0.3, 0.4) is 0 Å². The first-order chi connectivity index (χ1) is 10.1. The first-order valence-electron chi connectivity index (χ1n) is 7.39. The van der Waals surface area contributed by atoms with Gasteiger partial charge in [0.25, 0.3) is 0 Å². The van der Waals surface area contributed by atoms with Gasteiger partial charge in [-0.3, -0.25) is 0 Å². The quantitative estimate of drug-likeness (QED) is 0.758. The van der Waals surface area contributed by atoms with Crippen molar-refractivity contribution in [2.45, 2.75) is 44.9 Å². The lowest BCUT2D eigenvalue weighted by Crippen LogP contribution is -2.17. The third-order valence-electron chi connectivity index (χ3n) is 3.51. The van der Waals surface area contributed by atoms with Crippen molar-refractivity contribution in [3.05, 3.63) is 22.7 Å². The summed E-state index contributed by atoms with van der Waals surface area (Å²) in [6.07, 6.45) is 3.36. The van der Waals surface area contributed by atoms with Gasteiger partial charge < -0.3 is 19.5 Å². The molecule has 0 amide bonds. The highest BCUT2D eigenvalue weighted by Crippen LogP contribution is 2.37. The summed E-state index contributed by atoms with van der Waals surface area (Å²) in [4.78, 5) is 0. The molecule has 2 rings (SSSR count). The zero-order chi connectivity index (χ0) is 15.2. The molecule has 1 atom stereocenters. The number of rotatable bonds is 9. The number of halogens is 1. The zero-order valence-corrected chi connectivity index (χ0v) is 13.7. The molecule has 0 bridgehead atoms. The van der Waals surface area contributed by atoms with Crippen molar-refractivity contribution < 1.29 is 14.2 Å². The van der Waals surface area contributed by atoms with Crippen molar-refractivity contribution in [1.29, 1.82) is 0 Å². The fourth-order valence-corrected chi connectivity index (χ4v) is 2.36. The van der Waals surface area contributed by atoms with E-state index in [1.807, 2.05) is 19.1 Å². The highest BCUT2D eigenvalue weighted by Gasteiger charge is 2.21. The molecule has 1 aliphatic carbocycles. The van der Waals surface area contributed by atoms with Crippen molar-refractivity contribution in [2.24, 2.45) is 0 Å². The normalized spacial score (nSPS) is 15.8. The molecule has 118 valence electrons. The molecule has 4 nitrogen and oxygen atoms in total. The van der Waals surface area contributed by atoms with Gasteiger partial charge in [0.1, 0.15) is 0 Å². The van der Waals surface area contributed by atoms with Crippen molar-refractivity contribution in [2.75, 3.05) is 20.8 Å². The monoisotopic (exact) mass is 313 g/mol. The van der Waals surface area contributed by atoms with Crippen LogP contribution in [0.25, 0.3) is 0 Å². The van der Waals surface area contributed by atoms with E-state index in [0.29, 0.717) is 29.2 Å². The summed E-state index contributed by atoms with van der Waals surface area (Å²) in [5, 5.41) is 4.06. The van der Waals surface area contributed by atoms with Crippen LogP contribution in [0.4, 0.5) is 0 Å². The first-order valence-corrected chi connectivity index (χ1v) is 7.77. The topological polar surface area (TPSA) is 39.7 Å². The van der Waals surface area contributed by atoms with Gasteiger partial charge in [-0.05, 0) is 37.5 Å². The van der Waals surface area contributed by atoms with Gasteiger partial charge in [0.2, 0.25) is 0 Å². The van der Waals surface area contributed by atoms with E-state index >= 15 is 0 Å². The second-order valence-electron chi connectivity index (χ2n) is 5.47. The number of hydrogen-bond donors (Lipinski definition) is 1. The van der Waals surface area contributed by atoms with Crippen LogP contribution in [0.5, 0.6) is 11.5 Å². The minimum Gasteiger partial charge on any atom is -0.493 e. The smallest absolute Gasteiger partial charge is 0.180 e. The Balaban J connectivity index is 2.04. The van der Waals surface area contributed by atoms with Crippen LogP contribution in [0, 0.1) is 0 Å². The molecule has 0 spiro atoms. The van der Waals surface area contributed by atoms with E-state index < -0.39 is 0 Å². The summed E-state index contributed by atoms with van der Waals surface area (Å²) in [7, 11) is 3.32. The molecule has 0 radical (unpaired) electrons. The van der Waals surface area contributed by atoms with Crippen LogP contribution >= 0.6 is 11.6 Å². The van der Waals surface area contributed by atoms with Crippen molar-refractivity contribution in [1.82, 2.24) is 5.32 Å². The maximum Gasteiger partial charge on any atom is 0.180 e. The fraction of sp³-hybridized carbons (Fsp3) is 0.625. The van der Waals surface area contributed by atoms with E-state index in [9.17, 15) is 0 Å². The number of nitrogens with one attached hydrogen (secondary N) is 1. The highest BCUT2D eigenvalue weighted by molar-refractivity contribution is 6.32. The number of benzene rings is 1. The Kier molecular flexibility index (Phi) is 6.15. The highest BCUT2D eigenvalue weighted by atomic mass is 35.5. The standard InChI is InChI=1S/C16H24ClNO3/c1-11(6-7-19-2)21-16-14(17)8-12(9-15(16)20-3)10-18-13-4-5-13/h8-9,11,13,18H,4-7,10H2,1-3H3. The predicted molar refractivity (Wildman–Crippen MR) is 84.4 cm³/mol. The van der Waals surface area contributed by atoms with Gasteiger partial charge in [-0.25, -0.2) is 0 Å². The first kappa shape index (κ1) is 16.4. The van der Waals surface area contributed by atoms with Gasteiger partial charge in [0.15, 0.2) is 11.5 Å². The average molecular weight is 314 g/mol. The van der Waals surface area contributed by atoms with Gasteiger partial charge in [-0.2, -0.15) is 0 Å². The number of ether oxygens (including phenoxy) is 3. The van der Waals surface area contributed by atoms with Crippen molar-refractivity contribution in [3.8, 4) is 11.5 Å². The molecule has 1 fully saturated rings. The number of hydrogen-bond acceptors (Lipinski definition) is 4. The van der Waals surface area contributed by atoms with Crippen LogP contribution in [0.2, 0.25) is 5.02 Å².